The minimum absolute atomic E-state index is 0.369. The lowest BCUT2D eigenvalue weighted by atomic mass is 9.80. The van der Waals surface area contributed by atoms with Crippen LogP contribution in [0.1, 0.15) is 24.3 Å². The van der Waals surface area contributed by atoms with Crippen LogP contribution in [0.3, 0.4) is 0 Å². The molecule has 142 valence electrons. The number of aromatic nitrogens is 3. The summed E-state index contributed by atoms with van der Waals surface area (Å²) in [7, 11) is 2.05. The van der Waals surface area contributed by atoms with Crippen LogP contribution in [0, 0.1) is 11.3 Å². The first-order chi connectivity index (χ1) is 13.7. The fourth-order valence-electron chi connectivity index (χ4n) is 3.25. The summed E-state index contributed by atoms with van der Waals surface area (Å²) in [5, 5.41) is 13.8. The van der Waals surface area contributed by atoms with Gasteiger partial charge in [-0.3, -0.25) is 0 Å². The normalized spacial score (nSPS) is 16.4. The molecule has 1 aliphatic rings. The Morgan fingerprint density at radius 2 is 1.89 bits per heavy atom. The first-order valence-corrected chi connectivity index (χ1v) is 9.27. The summed E-state index contributed by atoms with van der Waals surface area (Å²) in [6.07, 6.45) is 1.35. The molecule has 7 heteroatoms. The fourth-order valence-corrected chi connectivity index (χ4v) is 3.25. The van der Waals surface area contributed by atoms with Crippen molar-refractivity contribution in [3.8, 4) is 23.5 Å². The van der Waals surface area contributed by atoms with Gasteiger partial charge < -0.3 is 14.2 Å². The maximum Gasteiger partial charge on any atom is 0.247 e. The van der Waals surface area contributed by atoms with Crippen LogP contribution in [-0.2, 0) is 12.0 Å². The molecule has 4 rings (SSSR count). The molecular weight excluding hydrogens is 354 g/mol. The molecule has 28 heavy (non-hydrogen) atoms. The second-order valence-electron chi connectivity index (χ2n) is 7.06. The van der Waals surface area contributed by atoms with Gasteiger partial charge in [-0.15, -0.1) is 0 Å². The molecule has 0 bridgehead atoms. The number of hydrogen-bond donors (Lipinski definition) is 0. The van der Waals surface area contributed by atoms with Gasteiger partial charge in [0.25, 0.3) is 0 Å². The molecule has 0 aliphatic carbocycles. The zero-order valence-electron chi connectivity index (χ0n) is 15.7. The van der Waals surface area contributed by atoms with E-state index in [-0.39, 0.29) is 0 Å². The lowest BCUT2D eigenvalue weighted by Gasteiger charge is -2.32. The third-order valence-electron chi connectivity index (χ3n) is 5.07. The highest BCUT2D eigenvalue weighted by atomic mass is 16.5. The summed E-state index contributed by atoms with van der Waals surface area (Å²) >= 11 is 0. The zero-order chi connectivity index (χ0) is 19.4. The van der Waals surface area contributed by atoms with Crippen molar-refractivity contribution in [2.45, 2.75) is 24.9 Å². The van der Waals surface area contributed by atoms with Crippen molar-refractivity contribution in [1.82, 2.24) is 20.0 Å². The Hall–Kier alpha value is -3.24. The first kappa shape index (κ1) is 18.1. The molecule has 0 saturated carbocycles. The van der Waals surface area contributed by atoms with E-state index in [0.717, 1.165) is 18.7 Å². The summed E-state index contributed by atoms with van der Waals surface area (Å²) in [5.41, 5.74) is 0.899. The van der Waals surface area contributed by atoms with Gasteiger partial charge in [0.05, 0.1) is 6.07 Å². The van der Waals surface area contributed by atoms with E-state index in [2.05, 4.69) is 26.1 Å². The molecule has 0 unspecified atom stereocenters. The molecule has 1 aromatic carbocycles. The Morgan fingerprint density at radius 1 is 1.11 bits per heavy atom. The van der Waals surface area contributed by atoms with Crippen LogP contribution < -0.4 is 4.74 Å². The van der Waals surface area contributed by atoms with Gasteiger partial charge in [-0.25, -0.2) is 4.98 Å². The Morgan fingerprint density at radius 3 is 2.64 bits per heavy atom. The summed E-state index contributed by atoms with van der Waals surface area (Å²) in [4.78, 5) is 11.2. The van der Waals surface area contributed by atoms with Crippen molar-refractivity contribution in [1.29, 1.82) is 5.26 Å². The average molecular weight is 375 g/mol. The number of ether oxygens (including phenoxy) is 1. The molecule has 0 atom stereocenters. The lowest BCUT2D eigenvalue weighted by Crippen LogP contribution is -2.40. The summed E-state index contributed by atoms with van der Waals surface area (Å²) in [5.74, 6) is 1.23. The number of pyridine rings is 1. The molecule has 1 saturated heterocycles. The van der Waals surface area contributed by atoms with Crippen molar-refractivity contribution in [3.63, 3.8) is 0 Å². The number of nitriles is 1. The van der Waals surface area contributed by atoms with E-state index < -0.39 is 5.41 Å². The second-order valence-corrected chi connectivity index (χ2v) is 7.06. The van der Waals surface area contributed by atoms with Crippen molar-refractivity contribution >= 4 is 0 Å². The Kier molecular flexibility index (Phi) is 5.04. The van der Waals surface area contributed by atoms with Gasteiger partial charge in [0.1, 0.15) is 17.7 Å². The average Bonchev–Trinajstić information content (AvgIpc) is 3.25. The third kappa shape index (κ3) is 3.73. The monoisotopic (exact) mass is 375 g/mol. The van der Waals surface area contributed by atoms with E-state index in [9.17, 15) is 5.26 Å². The Balaban J connectivity index is 1.52. The Labute approximate surface area is 163 Å². The van der Waals surface area contributed by atoms with Crippen LogP contribution in [0.15, 0.2) is 53.1 Å². The van der Waals surface area contributed by atoms with Crippen LogP contribution in [0.5, 0.6) is 5.88 Å². The van der Waals surface area contributed by atoms with Gasteiger partial charge in [-0.2, -0.15) is 10.2 Å². The van der Waals surface area contributed by atoms with E-state index in [1.54, 1.807) is 12.1 Å². The van der Waals surface area contributed by atoms with Crippen molar-refractivity contribution in [3.05, 3.63) is 60.0 Å². The van der Waals surface area contributed by atoms with Gasteiger partial charge >= 0.3 is 0 Å². The van der Waals surface area contributed by atoms with Gasteiger partial charge in [0.15, 0.2) is 0 Å². The van der Waals surface area contributed by atoms with E-state index >= 15 is 0 Å². The molecule has 0 radical (unpaired) electrons. The van der Waals surface area contributed by atoms with Crippen LogP contribution in [0.2, 0.25) is 0 Å². The van der Waals surface area contributed by atoms with Gasteiger partial charge in [0.2, 0.25) is 17.6 Å². The molecule has 7 nitrogen and oxygen atoms in total. The topological polar surface area (TPSA) is 88.1 Å². The quantitative estimate of drug-likeness (QED) is 0.676. The molecule has 1 aliphatic heterocycles. The number of benzene rings is 1. The van der Waals surface area contributed by atoms with Crippen LogP contribution >= 0.6 is 0 Å². The molecule has 0 N–H and O–H groups in total. The maximum absolute atomic E-state index is 9.75. The molecule has 0 amide bonds. The fraction of sp³-hybridized carbons (Fsp3) is 0.333. The van der Waals surface area contributed by atoms with Crippen molar-refractivity contribution in [2.24, 2.45) is 0 Å². The smallest absolute Gasteiger partial charge is 0.247 e. The number of piperidine rings is 1. The van der Waals surface area contributed by atoms with E-state index in [1.807, 2.05) is 43.4 Å². The number of rotatable bonds is 5. The van der Waals surface area contributed by atoms with Gasteiger partial charge in [0, 0.05) is 6.07 Å². The van der Waals surface area contributed by atoms with E-state index in [0.29, 0.717) is 42.7 Å². The highest BCUT2D eigenvalue weighted by Crippen LogP contribution is 2.34. The minimum atomic E-state index is -0.723. The lowest BCUT2D eigenvalue weighted by molar-refractivity contribution is 0.189. The van der Waals surface area contributed by atoms with Crippen LogP contribution in [-0.4, -0.2) is 40.2 Å². The SMILES string of the molecule is CN1CCC(C#N)(c2nc(-c3cccc(OCc4ccccc4)n3)no2)CC1. The molecule has 1 fully saturated rings. The minimum Gasteiger partial charge on any atom is -0.473 e. The van der Waals surface area contributed by atoms with Crippen LogP contribution in [0.25, 0.3) is 11.5 Å². The highest BCUT2D eigenvalue weighted by Gasteiger charge is 2.41. The predicted molar refractivity (Wildman–Crippen MR) is 102 cm³/mol. The molecule has 0 spiro atoms. The van der Waals surface area contributed by atoms with Crippen LogP contribution in [0.4, 0.5) is 0 Å². The number of nitrogens with zero attached hydrogens (tertiary/aromatic N) is 5. The summed E-state index contributed by atoms with van der Waals surface area (Å²) in [6, 6.07) is 17.7. The standard InChI is InChI=1S/C21H21N5O2/c1-26-12-10-21(15-22,11-13-26)20-24-19(25-28-20)17-8-5-9-18(23-17)27-14-16-6-3-2-4-7-16/h2-9H,10-14H2,1H3. The largest absolute Gasteiger partial charge is 0.473 e. The van der Waals surface area contributed by atoms with E-state index in [1.165, 1.54) is 0 Å². The predicted octanol–water partition coefficient (Wildman–Crippen LogP) is 3.20. The molecule has 2 aromatic heterocycles. The number of likely N-dealkylation sites (tertiary alicyclic amines) is 1. The van der Waals surface area contributed by atoms with Crippen molar-refractivity contribution < 1.29 is 9.26 Å². The maximum atomic E-state index is 9.75. The second kappa shape index (κ2) is 7.79. The van der Waals surface area contributed by atoms with E-state index in [4.69, 9.17) is 9.26 Å². The van der Waals surface area contributed by atoms with Gasteiger partial charge in [-0.05, 0) is 44.6 Å². The Bertz CT molecular complexity index is 972. The first-order valence-electron chi connectivity index (χ1n) is 9.27. The molecule has 3 aromatic rings. The zero-order valence-corrected chi connectivity index (χ0v) is 15.7. The molecule has 3 heterocycles. The van der Waals surface area contributed by atoms with Gasteiger partial charge in [-0.1, -0.05) is 41.6 Å². The molecular formula is C21H21N5O2. The summed E-state index contributed by atoms with van der Waals surface area (Å²) < 4.78 is 11.2. The van der Waals surface area contributed by atoms with Crippen molar-refractivity contribution in [2.75, 3.05) is 20.1 Å². The number of hydrogen-bond acceptors (Lipinski definition) is 7. The highest BCUT2D eigenvalue weighted by molar-refractivity contribution is 5.49. The summed E-state index contributed by atoms with van der Waals surface area (Å²) in [6.45, 7) is 2.08. The third-order valence-corrected chi connectivity index (χ3v) is 5.07.